The number of fused-ring (bicyclic) bond motifs is 1. The Kier molecular flexibility index (Phi) is 3.58. The highest BCUT2D eigenvalue weighted by atomic mass is 32.1. The average molecular weight is 290 g/mol. The highest BCUT2D eigenvalue weighted by Gasteiger charge is 2.31. The summed E-state index contributed by atoms with van der Waals surface area (Å²) >= 11 is 1.70. The van der Waals surface area contributed by atoms with Crippen molar-refractivity contribution in [2.45, 2.75) is 6.04 Å². The van der Waals surface area contributed by atoms with Crippen molar-refractivity contribution < 1.29 is 4.79 Å². The minimum atomic E-state index is -0.184. The number of amides is 1. The predicted molar refractivity (Wildman–Crippen MR) is 82.3 cm³/mol. The van der Waals surface area contributed by atoms with Crippen molar-refractivity contribution in [2.75, 3.05) is 38.6 Å². The van der Waals surface area contributed by atoms with Crippen LogP contribution in [0.25, 0.3) is 10.1 Å². The molecular formula is C14H18N4OS. The third-order valence-electron chi connectivity index (χ3n) is 3.60. The number of hydrogen-bond donors (Lipinski definition) is 1. The van der Waals surface area contributed by atoms with E-state index in [1.807, 2.05) is 12.3 Å². The topological polar surface area (TPSA) is 48.5 Å². The average Bonchev–Trinajstić information content (AvgIpc) is 2.94. The van der Waals surface area contributed by atoms with Gasteiger partial charge in [-0.1, -0.05) is 0 Å². The molecule has 0 saturated carbocycles. The Labute approximate surface area is 122 Å². The summed E-state index contributed by atoms with van der Waals surface area (Å²) in [4.78, 5) is 20.7. The first-order chi connectivity index (χ1) is 9.68. The van der Waals surface area contributed by atoms with E-state index in [1.54, 1.807) is 30.3 Å². The molecule has 1 unspecified atom stereocenters. The van der Waals surface area contributed by atoms with Gasteiger partial charge in [0, 0.05) is 50.0 Å². The number of anilines is 1. The molecule has 2 aromatic heterocycles. The van der Waals surface area contributed by atoms with Crippen LogP contribution in [0.1, 0.15) is 0 Å². The monoisotopic (exact) mass is 290 g/mol. The van der Waals surface area contributed by atoms with Crippen LogP contribution in [0.15, 0.2) is 23.7 Å². The van der Waals surface area contributed by atoms with Crippen LogP contribution in [0.3, 0.4) is 0 Å². The largest absolute Gasteiger partial charge is 0.347 e. The minimum absolute atomic E-state index is 0.117. The van der Waals surface area contributed by atoms with E-state index in [4.69, 9.17) is 0 Å². The third kappa shape index (κ3) is 2.25. The molecule has 1 amide bonds. The zero-order valence-electron chi connectivity index (χ0n) is 11.7. The summed E-state index contributed by atoms with van der Waals surface area (Å²) < 4.78 is 1.21. The second-order valence-corrected chi connectivity index (χ2v) is 6.06. The molecule has 2 aromatic rings. The van der Waals surface area contributed by atoms with Crippen molar-refractivity contribution in [3.8, 4) is 0 Å². The van der Waals surface area contributed by atoms with Crippen molar-refractivity contribution >= 4 is 33.1 Å². The van der Waals surface area contributed by atoms with Crippen LogP contribution in [0.5, 0.6) is 0 Å². The van der Waals surface area contributed by atoms with Crippen LogP contribution in [0.2, 0.25) is 0 Å². The molecule has 1 N–H and O–H groups in total. The minimum Gasteiger partial charge on any atom is -0.347 e. The Morgan fingerprint density at radius 1 is 1.50 bits per heavy atom. The molecule has 20 heavy (non-hydrogen) atoms. The van der Waals surface area contributed by atoms with Crippen molar-refractivity contribution in [3.05, 3.63) is 23.7 Å². The van der Waals surface area contributed by atoms with Gasteiger partial charge in [-0.15, -0.1) is 11.3 Å². The number of nitrogens with one attached hydrogen (secondary N) is 1. The van der Waals surface area contributed by atoms with Gasteiger partial charge in [-0.25, -0.2) is 4.98 Å². The maximum atomic E-state index is 12.4. The molecule has 3 heterocycles. The maximum Gasteiger partial charge on any atom is 0.246 e. The Balaban J connectivity index is 2.01. The lowest BCUT2D eigenvalue weighted by molar-refractivity contribution is -0.130. The zero-order valence-corrected chi connectivity index (χ0v) is 12.5. The number of thiophene rings is 1. The highest BCUT2D eigenvalue weighted by molar-refractivity contribution is 7.17. The maximum absolute atomic E-state index is 12.4. The summed E-state index contributed by atoms with van der Waals surface area (Å²) in [6.07, 6.45) is 1.83. The fourth-order valence-corrected chi connectivity index (χ4v) is 3.36. The van der Waals surface area contributed by atoms with E-state index < -0.39 is 0 Å². The fraction of sp³-hybridized carbons (Fsp3) is 0.429. The molecule has 0 aliphatic carbocycles. The molecule has 6 heteroatoms. The molecule has 0 bridgehead atoms. The third-order valence-corrected chi connectivity index (χ3v) is 4.48. The van der Waals surface area contributed by atoms with Gasteiger partial charge < -0.3 is 15.1 Å². The highest BCUT2D eigenvalue weighted by Crippen LogP contribution is 2.30. The number of rotatable bonds is 2. The van der Waals surface area contributed by atoms with E-state index in [2.05, 4.69) is 26.6 Å². The molecule has 106 valence electrons. The van der Waals surface area contributed by atoms with Crippen molar-refractivity contribution in [3.63, 3.8) is 0 Å². The summed E-state index contributed by atoms with van der Waals surface area (Å²) in [7, 11) is 3.60. The van der Waals surface area contributed by atoms with E-state index in [0.29, 0.717) is 6.54 Å². The molecule has 1 aliphatic heterocycles. The van der Waals surface area contributed by atoms with Crippen LogP contribution in [-0.2, 0) is 4.79 Å². The van der Waals surface area contributed by atoms with Gasteiger partial charge in [0.05, 0.1) is 0 Å². The molecule has 1 fully saturated rings. The molecule has 1 atom stereocenters. The first kappa shape index (κ1) is 13.3. The van der Waals surface area contributed by atoms with Gasteiger partial charge in [-0.3, -0.25) is 4.79 Å². The van der Waals surface area contributed by atoms with Crippen LogP contribution < -0.4 is 10.2 Å². The van der Waals surface area contributed by atoms with Crippen LogP contribution in [-0.4, -0.2) is 55.6 Å². The van der Waals surface area contributed by atoms with Crippen molar-refractivity contribution in [2.24, 2.45) is 0 Å². The standard InChI is InChI=1S/C14H18N4OS/c1-17(2)14(19)11-9-15-6-7-18(11)13-10-4-8-20-12(10)3-5-16-13/h3-5,8,11,15H,6-7,9H2,1-2H3. The van der Waals surface area contributed by atoms with Gasteiger partial charge in [-0.05, 0) is 17.5 Å². The summed E-state index contributed by atoms with van der Waals surface area (Å²) in [6.45, 7) is 2.34. The number of nitrogens with zero attached hydrogens (tertiary/aromatic N) is 3. The van der Waals surface area contributed by atoms with E-state index in [1.165, 1.54) is 4.70 Å². The number of piperazine rings is 1. The van der Waals surface area contributed by atoms with Gasteiger partial charge in [0.1, 0.15) is 11.9 Å². The molecule has 3 rings (SSSR count). The first-order valence-electron chi connectivity index (χ1n) is 6.69. The van der Waals surface area contributed by atoms with E-state index in [0.717, 1.165) is 24.3 Å². The van der Waals surface area contributed by atoms with E-state index in [-0.39, 0.29) is 11.9 Å². The Morgan fingerprint density at radius 2 is 2.35 bits per heavy atom. The van der Waals surface area contributed by atoms with Gasteiger partial charge >= 0.3 is 0 Å². The normalized spacial score (nSPS) is 19.3. The van der Waals surface area contributed by atoms with Gasteiger partial charge in [-0.2, -0.15) is 0 Å². The number of carbonyl (C=O) groups excluding carboxylic acids is 1. The molecule has 0 spiro atoms. The SMILES string of the molecule is CN(C)C(=O)C1CNCCN1c1nccc2sccc12. The van der Waals surface area contributed by atoms with E-state index >= 15 is 0 Å². The Morgan fingerprint density at radius 3 is 3.15 bits per heavy atom. The zero-order chi connectivity index (χ0) is 14.1. The Hall–Kier alpha value is -1.66. The molecule has 5 nitrogen and oxygen atoms in total. The second kappa shape index (κ2) is 5.38. The summed E-state index contributed by atoms with van der Waals surface area (Å²) in [5, 5.41) is 6.50. The number of carbonyl (C=O) groups is 1. The number of likely N-dealkylation sites (N-methyl/N-ethyl adjacent to an activating group) is 1. The van der Waals surface area contributed by atoms with Crippen molar-refractivity contribution in [1.82, 2.24) is 15.2 Å². The second-order valence-electron chi connectivity index (χ2n) is 5.11. The fourth-order valence-electron chi connectivity index (χ4n) is 2.59. The molecule has 1 aliphatic rings. The molecule has 0 aromatic carbocycles. The van der Waals surface area contributed by atoms with E-state index in [9.17, 15) is 4.79 Å². The number of aromatic nitrogens is 1. The van der Waals surface area contributed by atoms with Crippen LogP contribution in [0, 0.1) is 0 Å². The lowest BCUT2D eigenvalue weighted by Gasteiger charge is -2.37. The summed E-state index contributed by atoms with van der Waals surface area (Å²) in [5.41, 5.74) is 0. The molecule has 0 radical (unpaired) electrons. The molecular weight excluding hydrogens is 272 g/mol. The predicted octanol–water partition coefficient (Wildman–Crippen LogP) is 1.16. The number of hydrogen-bond acceptors (Lipinski definition) is 5. The summed E-state index contributed by atoms with van der Waals surface area (Å²) in [5.74, 6) is 1.04. The van der Waals surface area contributed by atoms with Gasteiger partial charge in [0.15, 0.2) is 0 Å². The Bertz CT molecular complexity index is 624. The number of pyridine rings is 1. The first-order valence-corrected chi connectivity index (χ1v) is 7.57. The molecule has 1 saturated heterocycles. The smallest absolute Gasteiger partial charge is 0.246 e. The lowest BCUT2D eigenvalue weighted by atomic mass is 10.1. The van der Waals surface area contributed by atoms with Gasteiger partial charge in [0.25, 0.3) is 0 Å². The summed E-state index contributed by atoms with van der Waals surface area (Å²) in [6, 6.07) is 3.92. The van der Waals surface area contributed by atoms with Crippen LogP contribution >= 0.6 is 11.3 Å². The lowest BCUT2D eigenvalue weighted by Crippen LogP contribution is -2.58. The van der Waals surface area contributed by atoms with Gasteiger partial charge in [0.2, 0.25) is 5.91 Å². The van der Waals surface area contributed by atoms with Crippen LogP contribution in [0.4, 0.5) is 5.82 Å². The van der Waals surface area contributed by atoms with Crippen molar-refractivity contribution in [1.29, 1.82) is 0 Å². The quantitative estimate of drug-likeness (QED) is 0.902.